The van der Waals surface area contributed by atoms with Crippen molar-refractivity contribution in [3.05, 3.63) is 0 Å². The molecule has 108 valence electrons. The Kier molecular flexibility index (Phi) is 4.52. The molecular formula is C12H19NO6. The Morgan fingerprint density at radius 3 is 1.95 bits per heavy atom. The summed E-state index contributed by atoms with van der Waals surface area (Å²) in [6.07, 6.45) is -1.43. The van der Waals surface area contributed by atoms with Crippen molar-refractivity contribution in [1.82, 2.24) is 4.90 Å². The number of hydrogen-bond donors (Lipinski definition) is 1. The van der Waals surface area contributed by atoms with Gasteiger partial charge in [0.1, 0.15) is 6.10 Å². The minimum absolute atomic E-state index is 0.0604. The molecule has 1 fully saturated rings. The van der Waals surface area contributed by atoms with Gasteiger partial charge >= 0.3 is 11.9 Å². The summed E-state index contributed by atoms with van der Waals surface area (Å²) in [4.78, 5) is 37.1. The van der Waals surface area contributed by atoms with Crippen LogP contribution in [0.3, 0.4) is 0 Å². The van der Waals surface area contributed by atoms with E-state index in [1.807, 2.05) is 0 Å². The summed E-state index contributed by atoms with van der Waals surface area (Å²) < 4.78 is 9.78. The molecule has 1 heterocycles. The summed E-state index contributed by atoms with van der Waals surface area (Å²) in [5.74, 6) is -3.40. The van der Waals surface area contributed by atoms with Crippen LogP contribution in [0.15, 0.2) is 0 Å². The number of carbonyl (C=O) groups excluding carboxylic acids is 3. The highest BCUT2D eigenvalue weighted by atomic mass is 16.6. The number of esters is 2. The highest BCUT2D eigenvalue weighted by molar-refractivity contribution is 6.11. The topological polar surface area (TPSA) is 93.1 Å². The quantitative estimate of drug-likeness (QED) is 0.539. The van der Waals surface area contributed by atoms with Gasteiger partial charge in [-0.1, -0.05) is 6.92 Å². The Bertz CT molecular complexity index is 376. The Balaban J connectivity index is 3.30. The molecule has 0 saturated carbocycles. The first-order valence-corrected chi connectivity index (χ1v) is 6.15. The highest BCUT2D eigenvalue weighted by Gasteiger charge is 2.66. The van der Waals surface area contributed by atoms with Crippen molar-refractivity contribution in [2.75, 3.05) is 20.3 Å². The molecule has 7 heteroatoms. The van der Waals surface area contributed by atoms with Gasteiger partial charge in [-0.3, -0.25) is 4.79 Å². The fraction of sp³-hybridized carbons (Fsp3) is 0.750. The smallest absolute Gasteiger partial charge is 0.344 e. The molecule has 1 aliphatic rings. The minimum Gasteiger partial charge on any atom is -0.464 e. The van der Waals surface area contributed by atoms with Gasteiger partial charge in [0.25, 0.3) is 5.91 Å². The molecule has 0 bridgehead atoms. The van der Waals surface area contributed by atoms with Crippen molar-refractivity contribution in [3.8, 4) is 0 Å². The number of aliphatic hydroxyl groups excluding tert-OH is 1. The molecule has 1 N–H and O–H groups in total. The summed E-state index contributed by atoms with van der Waals surface area (Å²) in [7, 11) is 1.28. The van der Waals surface area contributed by atoms with Crippen LogP contribution in [-0.2, 0) is 23.9 Å². The number of likely N-dealkylation sites (N-methyl/N-ethyl adjacent to an activating group) is 1. The largest absolute Gasteiger partial charge is 0.464 e. The van der Waals surface area contributed by atoms with E-state index in [9.17, 15) is 19.5 Å². The van der Waals surface area contributed by atoms with E-state index in [-0.39, 0.29) is 13.2 Å². The molecule has 0 aliphatic carbocycles. The number of ether oxygens (including phenoxy) is 2. The van der Waals surface area contributed by atoms with E-state index in [4.69, 9.17) is 9.47 Å². The third kappa shape index (κ3) is 2.07. The zero-order valence-electron chi connectivity index (χ0n) is 11.5. The molecule has 1 aliphatic heterocycles. The first-order chi connectivity index (χ1) is 8.85. The third-order valence-electron chi connectivity index (χ3n) is 3.42. The second-order valence-corrected chi connectivity index (χ2v) is 4.34. The van der Waals surface area contributed by atoms with E-state index in [0.29, 0.717) is 0 Å². The molecule has 0 radical (unpaired) electrons. The standard InChI is InChI=1S/C12H19NO6/c1-5-18-10(16)12(11(17)19-6-2)7(3)8(14)9(15)13(12)4/h7-8,14H,5-6H2,1-4H3. The second-order valence-electron chi connectivity index (χ2n) is 4.34. The molecule has 2 atom stereocenters. The Morgan fingerprint density at radius 1 is 1.26 bits per heavy atom. The zero-order valence-corrected chi connectivity index (χ0v) is 11.5. The van der Waals surface area contributed by atoms with E-state index in [1.165, 1.54) is 14.0 Å². The van der Waals surface area contributed by atoms with Gasteiger partial charge in [-0.25, -0.2) is 9.59 Å². The van der Waals surface area contributed by atoms with Gasteiger partial charge in [-0.15, -0.1) is 0 Å². The number of carbonyl (C=O) groups is 3. The Morgan fingerprint density at radius 2 is 1.68 bits per heavy atom. The molecule has 1 amide bonds. The van der Waals surface area contributed by atoms with Gasteiger partial charge in [-0.2, -0.15) is 0 Å². The maximum absolute atomic E-state index is 12.2. The zero-order chi connectivity index (χ0) is 14.8. The van der Waals surface area contributed by atoms with Crippen LogP contribution >= 0.6 is 0 Å². The Labute approximate surface area is 111 Å². The van der Waals surface area contributed by atoms with E-state index >= 15 is 0 Å². The van der Waals surface area contributed by atoms with Crippen molar-refractivity contribution < 1.29 is 29.0 Å². The molecule has 7 nitrogen and oxygen atoms in total. The summed E-state index contributed by atoms with van der Waals surface area (Å²) in [6.45, 7) is 4.75. The van der Waals surface area contributed by atoms with Crippen molar-refractivity contribution >= 4 is 17.8 Å². The average molecular weight is 273 g/mol. The van der Waals surface area contributed by atoms with Gasteiger partial charge in [0.2, 0.25) is 5.54 Å². The summed E-state index contributed by atoms with van der Waals surface area (Å²) in [5.41, 5.74) is -1.91. The maximum atomic E-state index is 12.2. The van der Waals surface area contributed by atoms with Crippen LogP contribution in [0.1, 0.15) is 20.8 Å². The van der Waals surface area contributed by atoms with Gasteiger partial charge in [-0.05, 0) is 13.8 Å². The van der Waals surface area contributed by atoms with E-state index in [0.717, 1.165) is 4.90 Å². The van der Waals surface area contributed by atoms with Crippen LogP contribution in [0, 0.1) is 5.92 Å². The lowest BCUT2D eigenvalue weighted by atomic mass is 9.85. The fourth-order valence-electron chi connectivity index (χ4n) is 2.33. The summed E-state index contributed by atoms with van der Waals surface area (Å²) >= 11 is 0. The van der Waals surface area contributed by atoms with Crippen LogP contribution < -0.4 is 0 Å². The van der Waals surface area contributed by atoms with Gasteiger partial charge in [0.15, 0.2) is 0 Å². The van der Waals surface area contributed by atoms with Gasteiger partial charge in [0, 0.05) is 13.0 Å². The lowest BCUT2D eigenvalue weighted by Crippen LogP contribution is -2.60. The third-order valence-corrected chi connectivity index (χ3v) is 3.42. The van der Waals surface area contributed by atoms with Crippen molar-refractivity contribution in [1.29, 1.82) is 0 Å². The molecular weight excluding hydrogens is 254 g/mol. The molecule has 0 spiro atoms. The number of nitrogens with zero attached hydrogens (tertiary/aromatic N) is 1. The number of rotatable bonds is 4. The van der Waals surface area contributed by atoms with Gasteiger partial charge in [0.05, 0.1) is 13.2 Å². The molecule has 19 heavy (non-hydrogen) atoms. The van der Waals surface area contributed by atoms with Crippen LogP contribution in [0.5, 0.6) is 0 Å². The van der Waals surface area contributed by atoms with Crippen LogP contribution in [0.2, 0.25) is 0 Å². The fourth-order valence-corrected chi connectivity index (χ4v) is 2.33. The highest BCUT2D eigenvalue weighted by Crippen LogP contribution is 2.37. The van der Waals surface area contributed by atoms with Crippen molar-refractivity contribution in [3.63, 3.8) is 0 Å². The summed E-state index contributed by atoms with van der Waals surface area (Å²) in [5, 5.41) is 9.80. The predicted octanol–water partition coefficient (Wildman–Crippen LogP) is -0.680. The lowest BCUT2D eigenvalue weighted by molar-refractivity contribution is -0.176. The molecule has 0 aromatic rings. The molecule has 0 aromatic heterocycles. The predicted molar refractivity (Wildman–Crippen MR) is 63.9 cm³/mol. The lowest BCUT2D eigenvalue weighted by Gasteiger charge is -2.33. The minimum atomic E-state index is -1.91. The van der Waals surface area contributed by atoms with Crippen LogP contribution in [0.4, 0.5) is 0 Å². The normalized spacial score (nSPS) is 25.3. The second kappa shape index (κ2) is 5.56. The number of amides is 1. The molecule has 2 unspecified atom stereocenters. The number of aliphatic hydroxyl groups is 1. The van der Waals surface area contributed by atoms with E-state index in [2.05, 4.69) is 0 Å². The molecule has 1 rings (SSSR count). The van der Waals surface area contributed by atoms with E-state index in [1.54, 1.807) is 13.8 Å². The number of likely N-dealkylation sites (tertiary alicyclic amines) is 1. The first-order valence-electron chi connectivity index (χ1n) is 6.15. The van der Waals surface area contributed by atoms with E-state index < -0.39 is 35.4 Å². The van der Waals surface area contributed by atoms with Crippen molar-refractivity contribution in [2.45, 2.75) is 32.4 Å². The first kappa shape index (κ1) is 15.4. The summed E-state index contributed by atoms with van der Waals surface area (Å²) in [6, 6.07) is 0. The van der Waals surface area contributed by atoms with Gasteiger partial charge < -0.3 is 19.5 Å². The molecule has 0 aromatic carbocycles. The monoisotopic (exact) mass is 273 g/mol. The maximum Gasteiger partial charge on any atom is 0.344 e. The molecule has 1 saturated heterocycles. The van der Waals surface area contributed by atoms with Crippen molar-refractivity contribution in [2.24, 2.45) is 5.92 Å². The van der Waals surface area contributed by atoms with Crippen LogP contribution in [-0.4, -0.2) is 59.8 Å². The number of hydrogen-bond acceptors (Lipinski definition) is 6. The van der Waals surface area contributed by atoms with Crippen LogP contribution in [0.25, 0.3) is 0 Å². The Hall–Kier alpha value is -1.63. The SMILES string of the molecule is CCOC(=O)C1(C(=O)OCC)C(C)C(O)C(=O)N1C. The average Bonchev–Trinajstić information content (AvgIpc) is 2.53.